The van der Waals surface area contributed by atoms with Gasteiger partial charge in [-0.2, -0.15) is 0 Å². The Morgan fingerprint density at radius 3 is 2.46 bits per heavy atom. The van der Waals surface area contributed by atoms with Crippen molar-refractivity contribution in [3.8, 4) is 0 Å². The van der Waals surface area contributed by atoms with Crippen LogP contribution in [0.4, 0.5) is 0 Å². The third-order valence-electron chi connectivity index (χ3n) is 6.08. The Kier molecular flexibility index (Phi) is 11.2. The zero-order chi connectivity index (χ0) is 16.4. The van der Waals surface area contributed by atoms with Crippen molar-refractivity contribution in [3.05, 3.63) is 0 Å². The van der Waals surface area contributed by atoms with Crippen LogP contribution in [0.25, 0.3) is 0 Å². The van der Waals surface area contributed by atoms with Gasteiger partial charge in [0.25, 0.3) is 0 Å². The van der Waals surface area contributed by atoms with Gasteiger partial charge >= 0.3 is 0 Å². The summed E-state index contributed by atoms with van der Waals surface area (Å²) in [7, 11) is 2.42. The minimum absolute atomic E-state index is 0. The fourth-order valence-corrected chi connectivity index (χ4v) is 4.82. The monoisotopic (exact) mass is 566 g/mol. The molecule has 5 heteroatoms. The van der Waals surface area contributed by atoms with E-state index in [1.54, 1.807) is 0 Å². The summed E-state index contributed by atoms with van der Waals surface area (Å²) in [6, 6.07) is 0. The second kappa shape index (κ2) is 10.6. The summed E-state index contributed by atoms with van der Waals surface area (Å²) >= 11 is 0. The molecule has 2 N–H and O–H groups in total. The lowest BCUT2D eigenvalue weighted by molar-refractivity contribution is -0.972. The lowest BCUT2D eigenvalue weighted by Crippen LogP contribution is -3.01. The summed E-state index contributed by atoms with van der Waals surface area (Å²) < 4.78 is 7.62. The van der Waals surface area contributed by atoms with Gasteiger partial charge in [0.05, 0.1) is 19.8 Å². The first-order valence-corrected chi connectivity index (χ1v) is 9.50. The molecule has 3 nitrogen and oxygen atoms in total. The number of nitrogens with two attached hydrogens (primary N) is 1. The number of nitrogens with zero attached hydrogens (tertiary/aromatic N) is 1. The molecule has 0 amide bonds. The van der Waals surface area contributed by atoms with Crippen molar-refractivity contribution in [2.75, 3.05) is 39.8 Å². The van der Waals surface area contributed by atoms with E-state index in [1.165, 1.54) is 49.9 Å². The third-order valence-corrected chi connectivity index (χ3v) is 6.08. The first kappa shape index (κ1) is 25.3. The quantitative estimate of drug-likeness (QED) is 0.269. The van der Waals surface area contributed by atoms with Crippen molar-refractivity contribution in [1.82, 2.24) is 0 Å². The van der Waals surface area contributed by atoms with Crippen LogP contribution in [-0.2, 0) is 4.74 Å². The number of quaternary nitrogens is 2. The average Bonchev–Trinajstić information content (AvgIpc) is 2.36. The van der Waals surface area contributed by atoms with E-state index in [1.807, 2.05) is 0 Å². The third kappa shape index (κ3) is 7.53. The second-order valence-corrected chi connectivity index (χ2v) is 9.44. The molecule has 1 aliphatic heterocycles. The summed E-state index contributed by atoms with van der Waals surface area (Å²) in [6.07, 6.45) is 4.52. The maximum atomic E-state index is 6.44. The number of ether oxygens (including phenoxy) is 1. The fraction of sp³-hybridized carbons (Fsp3) is 1.00. The van der Waals surface area contributed by atoms with Crippen LogP contribution in [0.1, 0.15) is 53.9 Å². The first-order valence-electron chi connectivity index (χ1n) is 9.50. The summed E-state index contributed by atoms with van der Waals surface area (Å²) in [6.45, 7) is 17.8. The molecule has 2 rings (SSSR count). The summed E-state index contributed by atoms with van der Waals surface area (Å²) in [5.74, 6) is 2.37. The van der Waals surface area contributed by atoms with Crippen LogP contribution >= 0.6 is 0 Å². The molecule has 4 atom stereocenters. The smallest absolute Gasteiger partial charge is 0.140 e. The molecule has 0 aromatic carbocycles. The van der Waals surface area contributed by atoms with E-state index >= 15 is 0 Å². The maximum absolute atomic E-state index is 6.44. The van der Waals surface area contributed by atoms with E-state index < -0.39 is 0 Å². The van der Waals surface area contributed by atoms with E-state index in [2.05, 4.69) is 47.0 Å². The molecule has 1 saturated carbocycles. The largest absolute Gasteiger partial charge is 1.00 e. The number of halogens is 2. The van der Waals surface area contributed by atoms with Crippen molar-refractivity contribution >= 4 is 0 Å². The van der Waals surface area contributed by atoms with Gasteiger partial charge in [-0.3, -0.25) is 0 Å². The van der Waals surface area contributed by atoms with Crippen LogP contribution < -0.4 is 53.3 Å². The number of likely N-dealkylation sites (N-methyl/N-ethyl adjacent to an activating group) is 1. The Labute approximate surface area is 184 Å². The van der Waals surface area contributed by atoms with Crippen molar-refractivity contribution in [1.29, 1.82) is 0 Å². The second-order valence-electron chi connectivity index (χ2n) is 9.44. The van der Waals surface area contributed by atoms with Crippen LogP contribution in [-0.4, -0.2) is 56.0 Å². The molecule has 1 saturated heterocycles. The van der Waals surface area contributed by atoms with Gasteiger partial charge in [-0.15, -0.1) is 0 Å². The molecule has 1 aliphatic carbocycles. The highest BCUT2D eigenvalue weighted by Crippen LogP contribution is 2.35. The molecule has 2 fully saturated rings. The highest BCUT2D eigenvalue weighted by molar-refractivity contribution is 4.81. The lowest BCUT2D eigenvalue weighted by Gasteiger charge is -2.43. The van der Waals surface area contributed by atoms with Crippen molar-refractivity contribution < 1.29 is 62.5 Å². The van der Waals surface area contributed by atoms with E-state index in [9.17, 15) is 0 Å². The predicted octanol–water partition coefficient (Wildman–Crippen LogP) is -3.73. The Balaban J connectivity index is 0.00000264. The van der Waals surface area contributed by atoms with Gasteiger partial charge in [-0.1, -0.05) is 27.2 Å². The summed E-state index contributed by atoms with van der Waals surface area (Å²) in [4.78, 5) is 0. The Hall–Kier alpha value is 1.34. The van der Waals surface area contributed by atoms with Crippen LogP contribution in [0, 0.1) is 17.8 Å². The number of hydrogen-bond donors (Lipinski definition) is 1. The molecule has 146 valence electrons. The highest BCUT2D eigenvalue weighted by Gasteiger charge is 2.39. The topological polar surface area (TPSA) is 25.8 Å². The van der Waals surface area contributed by atoms with Crippen LogP contribution in [0.15, 0.2) is 0 Å². The highest BCUT2D eigenvalue weighted by atomic mass is 127. The molecular weight excluding hydrogens is 526 g/mol. The van der Waals surface area contributed by atoms with Crippen LogP contribution in [0.2, 0.25) is 0 Å². The van der Waals surface area contributed by atoms with Crippen LogP contribution in [0.3, 0.4) is 0 Å². The van der Waals surface area contributed by atoms with Crippen molar-refractivity contribution in [3.63, 3.8) is 0 Å². The Morgan fingerprint density at radius 1 is 1.21 bits per heavy atom. The van der Waals surface area contributed by atoms with Gasteiger partial charge in [0, 0.05) is 0 Å². The zero-order valence-corrected chi connectivity index (χ0v) is 21.0. The molecule has 24 heavy (non-hydrogen) atoms. The SMILES string of the molecule is CC1CCC(C(C)C)C(OCC[N+]2(C)CC[NH2+]C(C)(C)C2)C1.[I-].[I-]. The lowest BCUT2D eigenvalue weighted by atomic mass is 9.75. The number of rotatable bonds is 5. The molecule has 0 aromatic heterocycles. The molecule has 0 bridgehead atoms. The van der Waals surface area contributed by atoms with Gasteiger partial charge in [0.1, 0.15) is 31.7 Å². The minimum Gasteiger partial charge on any atom is -1.00 e. The summed E-state index contributed by atoms with van der Waals surface area (Å²) in [5, 5.41) is 2.51. The van der Waals surface area contributed by atoms with E-state index in [0.717, 1.165) is 24.4 Å². The van der Waals surface area contributed by atoms with Gasteiger partial charge < -0.3 is 62.5 Å². The standard InChI is InChI=1S/C19H39N2O.2HI/c1-15(2)17-8-7-16(3)13-18(17)22-12-11-21(6)10-9-20-19(4,5)14-21;;/h15-18,20H,7-14H2,1-6H3;2*1H/q+1;;/p-1. The van der Waals surface area contributed by atoms with Gasteiger partial charge in [-0.05, 0) is 44.4 Å². The van der Waals surface area contributed by atoms with Crippen molar-refractivity contribution in [2.24, 2.45) is 17.8 Å². The van der Waals surface area contributed by atoms with Gasteiger partial charge in [0.15, 0.2) is 0 Å². The Bertz CT molecular complexity index is 365. The van der Waals surface area contributed by atoms with E-state index in [-0.39, 0.29) is 48.0 Å². The fourth-order valence-electron chi connectivity index (χ4n) is 4.82. The molecule has 0 radical (unpaired) electrons. The van der Waals surface area contributed by atoms with Gasteiger partial charge in [-0.25, -0.2) is 0 Å². The summed E-state index contributed by atoms with van der Waals surface area (Å²) in [5.41, 5.74) is 0.382. The number of hydrogen-bond acceptors (Lipinski definition) is 1. The normalized spacial score (nSPS) is 35.9. The molecular formula is C19H40I2N2O. The first-order chi connectivity index (χ1) is 10.2. The zero-order valence-electron chi connectivity index (χ0n) is 16.7. The molecule has 0 aromatic rings. The minimum atomic E-state index is 0. The van der Waals surface area contributed by atoms with E-state index in [0.29, 0.717) is 11.6 Å². The van der Waals surface area contributed by atoms with Crippen LogP contribution in [0.5, 0.6) is 0 Å². The molecule has 2 aliphatic rings. The van der Waals surface area contributed by atoms with Gasteiger partial charge in [0.2, 0.25) is 0 Å². The Morgan fingerprint density at radius 2 is 1.88 bits per heavy atom. The molecule has 4 unspecified atom stereocenters. The number of piperazine rings is 1. The predicted molar refractivity (Wildman–Crippen MR) is 92.7 cm³/mol. The van der Waals surface area contributed by atoms with E-state index in [4.69, 9.17) is 4.74 Å². The maximum Gasteiger partial charge on any atom is 0.140 e. The van der Waals surface area contributed by atoms with Crippen molar-refractivity contribution in [2.45, 2.75) is 65.5 Å². The molecule has 1 heterocycles. The average molecular weight is 566 g/mol. The molecule has 0 spiro atoms.